The third kappa shape index (κ3) is 24.7. The predicted molar refractivity (Wildman–Crippen MR) is 57.9 cm³/mol. The van der Waals surface area contributed by atoms with Crippen LogP contribution < -0.4 is 0 Å². The molecule has 0 amide bonds. The maximum Gasteiger partial charge on any atom is 0.0701 e. The number of aliphatic hydroxyl groups excluding tert-OH is 2. The first-order chi connectivity index (χ1) is 7.33. The van der Waals surface area contributed by atoms with E-state index in [2.05, 4.69) is 11.3 Å². The lowest BCUT2D eigenvalue weighted by Crippen LogP contribution is -2.09. The Hall–Kier alpha value is -0.460. The zero-order chi connectivity index (χ0) is 11.8. The van der Waals surface area contributed by atoms with Crippen LogP contribution in [0.25, 0.3) is 0 Å². The van der Waals surface area contributed by atoms with Gasteiger partial charge in [0.1, 0.15) is 0 Å². The molecule has 0 bridgehead atoms. The first-order valence-electron chi connectivity index (χ1n) is 4.80. The molecule has 0 rings (SSSR count). The molecule has 92 valence electrons. The number of hydrogen-bond acceptors (Lipinski definition) is 5. The van der Waals surface area contributed by atoms with E-state index in [1.807, 2.05) is 0 Å². The second-order valence-corrected chi connectivity index (χ2v) is 2.42. The Morgan fingerprint density at radius 2 is 1.47 bits per heavy atom. The zero-order valence-electron chi connectivity index (χ0n) is 9.35. The molecule has 5 nitrogen and oxygen atoms in total. The highest BCUT2D eigenvalue weighted by Gasteiger charge is 1.86. The lowest BCUT2D eigenvalue weighted by molar-refractivity contribution is 0.0222. The van der Waals surface area contributed by atoms with Gasteiger partial charge in [-0.15, -0.1) is 6.58 Å². The van der Waals surface area contributed by atoms with E-state index in [0.29, 0.717) is 33.0 Å². The third-order valence-electron chi connectivity index (χ3n) is 1.13. The van der Waals surface area contributed by atoms with Gasteiger partial charge in [0.15, 0.2) is 0 Å². The Bertz CT molecular complexity index is 100.0. The fourth-order valence-corrected chi connectivity index (χ4v) is 0.569. The van der Waals surface area contributed by atoms with Crippen LogP contribution in [0.1, 0.15) is 0 Å². The van der Waals surface area contributed by atoms with Crippen LogP contribution in [-0.2, 0) is 14.2 Å². The summed E-state index contributed by atoms with van der Waals surface area (Å²) in [6.45, 7) is 5.81. The highest BCUT2D eigenvalue weighted by molar-refractivity contribution is 4.62. The Morgan fingerprint density at radius 1 is 1.00 bits per heavy atom. The second kappa shape index (κ2) is 19.2. The van der Waals surface area contributed by atoms with Crippen molar-refractivity contribution in [2.75, 3.05) is 53.4 Å². The van der Waals surface area contributed by atoms with Crippen LogP contribution in [0, 0.1) is 0 Å². The quantitative estimate of drug-likeness (QED) is 0.418. The summed E-state index contributed by atoms with van der Waals surface area (Å²) in [7, 11) is 1.64. The molecule has 0 unspecified atom stereocenters. The summed E-state index contributed by atoms with van der Waals surface area (Å²) >= 11 is 0. The minimum atomic E-state index is 0.0417. The van der Waals surface area contributed by atoms with E-state index in [9.17, 15) is 0 Å². The van der Waals surface area contributed by atoms with Gasteiger partial charge in [-0.1, -0.05) is 6.08 Å². The number of hydrogen-bond donors (Lipinski definition) is 2. The smallest absolute Gasteiger partial charge is 0.0701 e. The average Bonchev–Trinajstić information content (AvgIpc) is 2.25. The summed E-state index contributed by atoms with van der Waals surface area (Å²) in [6.07, 6.45) is 1.71. The summed E-state index contributed by atoms with van der Waals surface area (Å²) in [4.78, 5) is 0. The van der Waals surface area contributed by atoms with E-state index in [-0.39, 0.29) is 13.2 Å². The maximum atomic E-state index is 8.26. The molecule has 0 fully saturated rings. The Morgan fingerprint density at radius 3 is 1.67 bits per heavy atom. The summed E-state index contributed by atoms with van der Waals surface area (Å²) < 4.78 is 14.3. The van der Waals surface area contributed by atoms with Gasteiger partial charge in [0.2, 0.25) is 0 Å². The molecule has 0 aromatic carbocycles. The molecule has 0 aromatic rings. The van der Waals surface area contributed by atoms with Crippen molar-refractivity contribution in [3.8, 4) is 0 Å². The lowest BCUT2D eigenvalue weighted by Gasteiger charge is -2.01. The average molecular weight is 222 g/mol. The molecule has 2 N–H and O–H groups in total. The first-order valence-corrected chi connectivity index (χ1v) is 4.80. The fraction of sp³-hybridized carbons (Fsp3) is 0.800. The molecule has 0 spiro atoms. The highest BCUT2D eigenvalue weighted by Crippen LogP contribution is 1.76. The normalized spacial score (nSPS) is 9.27. The molecule has 0 aliphatic rings. The van der Waals surface area contributed by atoms with E-state index < -0.39 is 0 Å². The van der Waals surface area contributed by atoms with Crippen molar-refractivity contribution >= 4 is 0 Å². The standard InChI is InChI=1S/C6H14O4.C4H8O/c7-1-3-9-5-6-10-4-2-8;1-3-4-5-2/h7-8H,1-6H2;3H,1,4H2,2H3. The van der Waals surface area contributed by atoms with Gasteiger partial charge in [-0.25, -0.2) is 0 Å². The van der Waals surface area contributed by atoms with Gasteiger partial charge in [-0.2, -0.15) is 0 Å². The van der Waals surface area contributed by atoms with Crippen LogP contribution in [0.5, 0.6) is 0 Å². The maximum absolute atomic E-state index is 8.26. The molecule has 0 atom stereocenters. The Balaban J connectivity index is 0. The van der Waals surface area contributed by atoms with Gasteiger partial charge < -0.3 is 24.4 Å². The molecular weight excluding hydrogens is 200 g/mol. The van der Waals surface area contributed by atoms with Gasteiger partial charge in [-0.05, 0) is 0 Å². The topological polar surface area (TPSA) is 68.2 Å². The van der Waals surface area contributed by atoms with Crippen molar-refractivity contribution in [1.29, 1.82) is 0 Å². The molecule has 0 saturated carbocycles. The minimum Gasteiger partial charge on any atom is -0.394 e. The summed E-state index contributed by atoms with van der Waals surface area (Å²) in [5.41, 5.74) is 0. The van der Waals surface area contributed by atoms with Crippen molar-refractivity contribution in [2.45, 2.75) is 0 Å². The third-order valence-corrected chi connectivity index (χ3v) is 1.13. The van der Waals surface area contributed by atoms with Crippen LogP contribution in [0.2, 0.25) is 0 Å². The monoisotopic (exact) mass is 222 g/mol. The van der Waals surface area contributed by atoms with E-state index >= 15 is 0 Å². The Kier molecular flexibility index (Phi) is 21.7. The lowest BCUT2D eigenvalue weighted by atomic mass is 10.7. The summed E-state index contributed by atoms with van der Waals surface area (Å²) in [5.74, 6) is 0. The largest absolute Gasteiger partial charge is 0.394 e. The number of ether oxygens (including phenoxy) is 3. The van der Waals surface area contributed by atoms with Crippen LogP contribution in [-0.4, -0.2) is 63.6 Å². The molecule has 15 heavy (non-hydrogen) atoms. The Labute approximate surface area is 91.3 Å². The van der Waals surface area contributed by atoms with Gasteiger partial charge in [0.05, 0.1) is 46.2 Å². The van der Waals surface area contributed by atoms with Crippen molar-refractivity contribution in [3.05, 3.63) is 12.7 Å². The van der Waals surface area contributed by atoms with E-state index in [1.165, 1.54) is 0 Å². The molecular formula is C10H22O5. The molecule has 0 saturated heterocycles. The second-order valence-electron chi connectivity index (χ2n) is 2.42. The number of aliphatic hydroxyl groups is 2. The van der Waals surface area contributed by atoms with Crippen LogP contribution >= 0.6 is 0 Å². The van der Waals surface area contributed by atoms with Crippen molar-refractivity contribution in [3.63, 3.8) is 0 Å². The van der Waals surface area contributed by atoms with Gasteiger partial charge in [0.25, 0.3) is 0 Å². The number of rotatable bonds is 9. The van der Waals surface area contributed by atoms with Crippen LogP contribution in [0.15, 0.2) is 12.7 Å². The summed E-state index contributed by atoms with van der Waals surface area (Å²) in [5, 5.41) is 16.5. The molecule has 0 radical (unpaired) electrons. The minimum absolute atomic E-state index is 0.0417. The van der Waals surface area contributed by atoms with Crippen molar-refractivity contribution in [1.82, 2.24) is 0 Å². The van der Waals surface area contributed by atoms with Crippen molar-refractivity contribution in [2.24, 2.45) is 0 Å². The van der Waals surface area contributed by atoms with Gasteiger partial charge >= 0.3 is 0 Å². The predicted octanol–water partition coefficient (Wildman–Crippen LogP) is -0.177. The molecule has 5 heteroatoms. The molecule has 0 aromatic heterocycles. The van der Waals surface area contributed by atoms with Crippen LogP contribution in [0.4, 0.5) is 0 Å². The first kappa shape index (κ1) is 17.0. The summed E-state index contributed by atoms with van der Waals surface area (Å²) in [6, 6.07) is 0. The zero-order valence-corrected chi connectivity index (χ0v) is 9.35. The van der Waals surface area contributed by atoms with Gasteiger partial charge in [-0.3, -0.25) is 0 Å². The molecule has 0 heterocycles. The van der Waals surface area contributed by atoms with E-state index in [4.69, 9.17) is 19.7 Å². The van der Waals surface area contributed by atoms with E-state index in [1.54, 1.807) is 13.2 Å². The van der Waals surface area contributed by atoms with E-state index in [0.717, 1.165) is 0 Å². The molecule has 0 aliphatic carbocycles. The van der Waals surface area contributed by atoms with Crippen molar-refractivity contribution < 1.29 is 24.4 Å². The van der Waals surface area contributed by atoms with Gasteiger partial charge in [0, 0.05) is 7.11 Å². The highest BCUT2D eigenvalue weighted by atomic mass is 16.5. The van der Waals surface area contributed by atoms with Crippen LogP contribution in [0.3, 0.4) is 0 Å². The SMILES string of the molecule is C=CCOC.OCCOCCOCCO. The fourth-order valence-electron chi connectivity index (χ4n) is 0.569. The number of methoxy groups -OCH3 is 1. The molecule has 0 aliphatic heterocycles.